The third-order valence-corrected chi connectivity index (χ3v) is 5.70. The number of halogens is 5. The quantitative estimate of drug-likeness (QED) is 0.479. The zero-order valence-electron chi connectivity index (χ0n) is 17.9. The van der Waals surface area contributed by atoms with Gasteiger partial charge in [0.25, 0.3) is 0 Å². The first-order valence-corrected chi connectivity index (χ1v) is 10.9. The lowest BCUT2D eigenvalue weighted by molar-refractivity contribution is -0.137. The molecule has 0 bridgehead atoms. The van der Waals surface area contributed by atoms with Crippen LogP contribution in [0, 0.1) is 5.82 Å². The predicted octanol–water partition coefficient (Wildman–Crippen LogP) is 4.61. The van der Waals surface area contributed by atoms with E-state index in [2.05, 4.69) is 15.1 Å². The molecule has 2 aromatic heterocycles. The van der Waals surface area contributed by atoms with Crippen molar-refractivity contribution in [3.05, 3.63) is 58.8 Å². The number of amides is 1. The molecular formula is C22H20ClF4N5O2. The Labute approximate surface area is 197 Å². The van der Waals surface area contributed by atoms with Crippen LogP contribution in [0.3, 0.4) is 0 Å². The summed E-state index contributed by atoms with van der Waals surface area (Å²) in [6.45, 7) is 1.77. The topological polar surface area (TPSA) is 75.4 Å². The van der Waals surface area contributed by atoms with Gasteiger partial charge in [0.05, 0.1) is 10.6 Å². The van der Waals surface area contributed by atoms with Gasteiger partial charge in [0, 0.05) is 50.8 Å². The summed E-state index contributed by atoms with van der Waals surface area (Å²) in [6, 6.07) is 6.53. The highest BCUT2D eigenvalue weighted by molar-refractivity contribution is 6.33. The molecule has 4 rings (SSSR count). The molecule has 0 saturated carbocycles. The van der Waals surface area contributed by atoms with Gasteiger partial charge < -0.3 is 14.3 Å². The molecule has 1 aliphatic heterocycles. The zero-order valence-corrected chi connectivity index (χ0v) is 18.6. The molecule has 0 atom stereocenters. The number of rotatable bonds is 5. The number of aryl methyl sites for hydroxylation is 1. The van der Waals surface area contributed by atoms with E-state index in [1.807, 2.05) is 0 Å². The van der Waals surface area contributed by atoms with Crippen molar-refractivity contribution < 1.29 is 26.9 Å². The fourth-order valence-corrected chi connectivity index (χ4v) is 3.93. The van der Waals surface area contributed by atoms with Crippen LogP contribution >= 0.6 is 11.6 Å². The van der Waals surface area contributed by atoms with Gasteiger partial charge in [0.15, 0.2) is 0 Å². The van der Waals surface area contributed by atoms with Crippen molar-refractivity contribution in [3.8, 4) is 11.4 Å². The van der Waals surface area contributed by atoms with E-state index in [4.69, 9.17) is 16.1 Å². The van der Waals surface area contributed by atoms with Crippen LogP contribution in [0.4, 0.5) is 23.4 Å². The average molecular weight is 498 g/mol. The molecule has 3 heterocycles. The van der Waals surface area contributed by atoms with Crippen LogP contribution in [-0.4, -0.2) is 52.1 Å². The van der Waals surface area contributed by atoms with Crippen LogP contribution in [0.25, 0.3) is 11.4 Å². The maximum absolute atomic E-state index is 13.1. The van der Waals surface area contributed by atoms with Crippen molar-refractivity contribution in [1.82, 2.24) is 20.0 Å². The maximum Gasteiger partial charge on any atom is 0.417 e. The Morgan fingerprint density at radius 1 is 1.12 bits per heavy atom. The molecule has 3 aromatic rings. The van der Waals surface area contributed by atoms with E-state index in [9.17, 15) is 22.4 Å². The Morgan fingerprint density at radius 3 is 2.59 bits per heavy atom. The molecule has 7 nitrogen and oxygen atoms in total. The van der Waals surface area contributed by atoms with Crippen molar-refractivity contribution in [2.75, 3.05) is 31.1 Å². The van der Waals surface area contributed by atoms with E-state index in [-0.39, 0.29) is 35.4 Å². The fourth-order valence-electron chi connectivity index (χ4n) is 3.64. The Morgan fingerprint density at radius 2 is 1.88 bits per heavy atom. The maximum atomic E-state index is 13.1. The van der Waals surface area contributed by atoms with Gasteiger partial charge in [-0.2, -0.15) is 18.2 Å². The second-order valence-corrected chi connectivity index (χ2v) is 8.17. The summed E-state index contributed by atoms with van der Waals surface area (Å²) in [6.07, 6.45) is -2.74. The Hall–Kier alpha value is -3.21. The number of aromatic nitrogens is 3. The molecule has 180 valence electrons. The highest BCUT2D eigenvalue weighted by Gasteiger charge is 2.32. The van der Waals surface area contributed by atoms with Gasteiger partial charge in [-0.3, -0.25) is 4.79 Å². The van der Waals surface area contributed by atoms with E-state index < -0.39 is 11.7 Å². The van der Waals surface area contributed by atoms with Crippen molar-refractivity contribution in [3.63, 3.8) is 0 Å². The molecule has 1 aliphatic rings. The molecular weight excluding hydrogens is 478 g/mol. The largest absolute Gasteiger partial charge is 0.417 e. The lowest BCUT2D eigenvalue weighted by Crippen LogP contribution is -2.35. The highest BCUT2D eigenvalue weighted by Crippen LogP contribution is 2.33. The standard InChI is InChI=1S/C22H20ClF4N5O2/c23-17-12-15(22(25,26)27)13-28-21(17)32-9-1-8-31(10-11-32)19(33)7-6-18-29-20(30-34-18)14-2-4-16(24)5-3-14/h2-5,12-13H,1,6-11H2. The van der Waals surface area contributed by atoms with Crippen LogP contribution in [0.2, 0.25) is 5.02 Å². The van der Waals surface area contributed by atoms with Crippen LogP contribution in [0.1, 0.15) is 24.3 Å². The summed E-state index contributed by atoms with van der Waals surface area (Å²) in [4.78, 5) is 24.3. The van der Waals surface area contributed by atoms with Crippen molar-refractivity contribution >= 4 is 23.3 Å². The first-order valence-electron chi connectivity index (χ1n) is 10.5. The number of carbonyl (C=O) groups is 1. The predicted molar refractivity (Wildman–Crippen MR) is 116 cm³/mol. The zero-order chi connectivity index (χ0) is 24.3. The third kappa shape index (κ3) is 5.64. The van der Waals surface area contributed by atoms with E-state index in [0.717, 1.165) is 12.3 Å². The minimum atomic E-state index is -4.52. The summed E-state index contributed by atoms with van der Waals surface area (Å²) in [5.74, 6) is 0.405. The summed E-state index contributed by atoms with van der Waals surface area (Å²) in [5.41, 5.74) is -0.303. The van der Waals surface area contributed by atoms with Gasteiger partial charge in [-0.15, -0.1) is 0 Å². The fraction of sp³-hybridized carbons (Fsp3) is 0.364. The molecule has 12 heteroatoms. The van der Waals surface area contributed by atoms with Crippen molar-refractivity contribution in [1.29, 1.82) is 0 Å². The van der Waals surface area contributed by atoms with Crippen LogP contribution < -0.4 is 4.90 Å². The smallest absolute Gasteiger partial charge is 0.354 e. The molecule has 0 aliphatic carbocycles. The second-order valence-electron chi connectivity index (χ2n) is 7.77. The second kappa shape index (κ2) is 9.96. The van der Waals surface area contributed by atoms with E-state index in [1.54, 1.807) is 9.80 Å². The number of pyridine rings is 1. The number of carbonyl (C=O) groups excluding carboxylic acids is 1. The van der Waals surface area contributed by atoms with E-state index >= 15 is 0 Å². The molecule has 1 fully saturated rings. The molecule has 1 saturated heterocycles. The minimum absolute atomic E-state index is 0.0806. The summed E-state index contributed by atoms with van der Waals surface area (Å²) in [5, 5.41) is 3.78. The van der Waals surface area contributed by atoms with Gasteiger partial charge in [-0.1, -0.05) is 16.8 Å². The number of hydrogen-bond acceptors (Lipinski definition) is 6. The average Bonchev–Trinajstić information content (AvgIpc) is 3.13. The lowest BCUT2D eigenvalue weighted by atomic mass is 10.2. The van der Waals surface area contributed by atoms with Gasteiger partial charge in [0.1, 0.15) is 11.6 Å². The van der Waals surface area contributed by atoms with E-state index in [0.29, 0.717) is 49.9 Å². The Kier molecular flexibility index (Phi) is 7.01. The van der Waals surface area contributed by atoms with E-state index in [1.165, 1.54) is 24.3 Å². The normalized spacial score (nSPS) is 14.9. The van der Waals surface area contributed by atoms with Gasteiger partial charge in [-0.25, -0.2) is 9.37 Å². The molecule has 1 amide bonds. The lowest BCUT2D eigenvalue weighted by Gasteiger charge is -2.24. The number of benzene rings is 1. The van der Waals surface area contributed by atoms with Crippen LogP contribution in [-0.2, 0) is 17.4 Å². The number of hydrogen-bond donors (Lipinski definition) is 0. The summed E-state index contributed by atoms with van der Waals surface area (Å²) >= 11 is 6.07. The van der Waals surface area contributed by atoms with Gasteiger partial charge in [0.2, 0.25) is 17.6 Å². The van der Waals surface area contributed by atoms with Crippen LogP contribution in [0.15, 0.2) is 41.1 Å². The van der Waals surface area contributed by atoms with Gasteiger partial charge >= 0.3 is 6.18 Å². The Bertz CT molecular complexity index is 1150. The SMILES string of the molecule is O=C(CCc1nc(-c2ccc(F)cc2)no1)N1CCCN(c2ncc(C(F)(F)F)cc2Cl)CC1. The molecule has 0 spiro atoms. The van der Waals surface area contributed by atoms with Crippen molar-refractivity contribution in [2.24, 2.45) is 0 Å². The highest BCUT2D eigenvalue weighted by atomic mass is 35.5. The first kappa shape index (κ1) is 23.9. The molecule has 0 radical (unpaired) electrons. The molecule has 0 unspecified atom stereocenters. The number of alkyl halides is 3. The number of nitrogens with zero attached hydrogens (tertiary/aromatic N) is 5. The monoisotopic (exact) mass is 497 g/mol. The minimum Gasteiger partial charge on any atom is -0.354 e. The van der Waals surface area contributed by atoms with Crippen LogP contribution in [0.5, 0.6) is 0 Å². The first-order chi connectivity index (χ1) is 16.2. The third-order valence-electron chi connectivity index (χ3n) is 5.42. The Balaban J connectivity index is 1.32. The van der Waals surface area contributed by atoms with Crippen molar-refractivity contribution in [2.45, 2.75) is 25.4 Å². The van der Waals surface area contributed by atoms with Gasteiger partial charge in [-0.05, 0) is 36.8 Å². The molecule has 34 heavy (non-hydrogen) atoms. The molecule has 1 aromatic carbocycles. The number of anilines is 1. The summed E-state index contributed by atoms with van der Waals surface area (Å²) in [7, 11) is 0. The summed E-state index contributed by atoms with van der Waals surface area (Å²) < 4.78 is 56.8. The molecule has 0 N–H and O–H groups in total.